The molecule has 0 saturated carbocycles. The molecule has 1 atom stereocenters. The second-order valence-electron chi connectivity index (χ2n) is 4.95. The summed E-state index contributed by atoms with van der Waals surface area (Å²) in [6, 6.07) is 10.4. The molecular weight excluding hydrogens is 325 g/mol. The van der Waals surface area contributed by atoms with Crippen molar-refractivity contribution in [2.75, 3.05) is 5.75 Å². The van der Waals surface area contributed by atoms with E-state index in [0.29, 0.717) is 33.1 Å². The molecule has 3 rings (SSSR count). The van der Waals surface area contributed by atoms with Crippen molar-refractivity contribution in [3.63, 3.8) is 0 Å². The van der Waals surface area contributed by atoms with E-state index in [1.54, 1.807) is 31.2 Å². The van der Waals surface area contributed by atoms with Gasteiger partial charge in [-0.05, 0) is 24.3 Å². The number of halogens is 3. The van der Waals surface area contributed by atoms with E-state index in [1.165, 1.54) is 6.07 Å². The Morgan fingerprint density at radius 2 is 1.91 bits per heavy atom. The Bertz CT molecular complexity index is 886. The first-order valence-corrected chi connectivity index (χ1v) is 8.27. The molecule has 1 N–H and O–H groups in total. The first-order chi connectivity index (χ1) is 10.9. The normalized spacial score (nSPS) is 13.4. The molecule has 0 bridgehead atoms. The van der Waals surface area contributed by atoms with Gasteiger partial charge in [0, 0.05) is 16.2 Å². The summed E-state index contributed by atoms with van der Waals surface area (Å²) in [5.41, 5.74) is 0.639. The molecule has 0 spiro atoms. The number of nitrogens with one attached hydrogen (secondary N) is 1. The Balaban J connectivity index is 2.13. The summed E-state index contributed by atoms with van der Waals surface area (Å²) in [5, 5.41) is 0. The number of aromatic amines is 1. The fraction of sp³-hybridized carbons (Fsp3) is 0.188. The zero-order chi connectivity index (χ0) is 16.6. The molecule has 0 aliphatic heterocycles. The summed E-state index contributed by atoms with van der Waals surface area (Å²) in [4.78, 5) is 7.84. The number of fused-ring (bicyclic) bond motifs is 1. The molecule has 0 aliphatic carbocycles. The van der Waals surface area contributed by atoms with Crippen molar-refractivity contribution in [1.82, 2.24) is 9.97 Å². The van der Waals surface area contributed by atoms with Crippen molar-refractivity contribution >= 4 is 21.8 Å². The summed E-state index contributed by atoms with van der Waals surface area (Å²) in [6.45, 7) is 1.81. The Labute approximate surface area is 133 Å². The molecule has 3 nitrogen and oxygen atoms in total. The molecule has 0 fully saturated rings. The number of nitrogens with zero attached hydrogens (tertiary/aromatic N) is 1. The maximum absolute atomic E-state index is 12.8. The van der Waals surface area contributed by atoms with Crippen LogP contribution >= 0.6 is 0 Å². The van der Waals surface area contributed by atoms with Crippen LogP contribution in [-0.2, 0) is 17.0 Å². The molecule has 3 aromatic rings. The minimum absolute atomic E-state index is 0.298. The van der Waals surface area contributed by atoms with Crippen LogP contribution in [0, 0.1) is 0 Å². The quantitative estimate of drug-likeness (QED) is 0.770. The highest BCUT2D eigenvalue weighted by atomic mass is 32.2. The number of hydrogen-bond acceptors (Lipinski definition) is 2. The number of hydrogen-bond donors (Lipinski definition) is 1. The molecule has 0 amide bonds. The average Bonchev–Trinajstić information content (AvgIpc) is 2.96. The fourth-order valence-corrected chi connectivity index (χ4v) is 3.28. The van der Waals surface area contributed by atoms with E-state index in [1.807, 2.05) is 0 Å². The number of rotatable bonds is 3. The van der Waals surface area contributed by atoms with Gasteiger partial charge in [0.25, 0.3) is 0 Å². The van der Waals surface area contributed by atoms with Crippen LogP contribution in [0.4, 0.5) is 13.2 Å². The van der Waals surface area contributed by atoms with Gasteiger partial charge in [-0.15, -0.1) is 0 Å². The summed E-state index contributed by atoms with van der Waals surface area (Å²) in [6.07, 6.45) is -4.40. The lowest BCUT2D eigenvalue weighted by Gasteiger charge is -2.05. The van der Waals surface area contributed by atoms with Crippen molar-refractivity contribution in [3.05, 3.63) is 48.0 Å². The van der Waals surface area contributed by atoms with Crippen LogP contribution in [0.5, 0.6) is 0 Å². The van der Waals surface area contributed by atoms with Gasteiger partial charge in [-0.2, -0.15) is 13.2 Å². The highest BCUT2D eigenvalue weighted by Gasteiger charge is 2.30. The minimum Gasteiger partial charge on any atom is -0.338 e. The lowest BCUT2D eigenvalue weighted by atomic mass is 10.2. The molecule has 23 heavy (non-hydrogen) atoms. The summed E-state index contributed by atoms with van der Waals surface area (Å²) in [7, 11) is -1.18. The van der Waals surface area contributed by atoms with Crippen molar-refractivity contribution in [3.8, 4) is 11.4 Å². The van der Waals surface area contributed by atoms with Crippen LogP contribution in [0.25, 0.3) is 22.4 Å². The second-order valence-corrected chi connectivity index (χ2v) is 6.65. The van der Waals surface area contributed by atoms with Crippen LogP contribution in [-0.4, -0.2) is 19.9 Å². The van der Waals surface area contributed by atoms with E-state index >= 15 is 0 Å². The molecule has 0 aliphatic rings. The van der Waals surface area contributed by atoms with Gasteiger partial charge in [-0.3, -0.25) is 4.21 Å². The van der Waals surface area contributed by atoms with Crippen molar-refractivity contribution in [2.24, 2.45) is 0 Å². The highest BCUT2D eigenvalue weighted by Crippen LogP contribution is 2.32. The number of alkyl halides is 3. The van der Waals surface area contributed by atoms with Gasteiger partial charge in [-0.25, -0.2) is 4.98 Å². The van der Waals surface area contributed by atoms with Crippen molar-refractivity contribution in [2.45, 2.75) is 18.0 Å². The Morgan fingerprint density at radius 3 is 2.61 bits per heavy atom. The summed E-state index contributed by atoms with van der Waals surface area (Å²) < 4.78 is 50.5. The summed E-state index contributed by atoms with van der Waals surface area (Å²) in [5.74, 6) is 0.867. The Morgan fingerprint density at radius 1 is 1.17 bits per heavy atom. The molecule has 0 radical (unpaired) electrons. The first kappa shape index (κ1) is 15.7. The molecule has 1 aromatic heterocycles. The van der Waals surface area contributed by atoms with Gasteiger partial charge in [0.15, 0.2) is 0 Å². The van der Waals surface area contributed by atoms with Gasteiger partial charge in [-0.1, -0.05) is 25.1 Å². The monoisotopic (exact) mass is 338 g/mol. The second kappa shape index (κ2) is 5.81. The van der Waals surface area contributed by atoms with E-state index in [2.05, 4.69) is 9.97 Å². The number of H-pyrrole nitrogens is 1. The van der Waals surface area contributed by atoms with E-state index in [9.17, 15) is 17.4 Å². The smallest absolute Gasteiger partial charge is 0.338 e. The third-order valence-corrected chi connectivity index (χ3v) is 4.83. The van der Waals surface area contributed by atoms with Crippen molar-refractivity contribution < 1.29 is 17.4 Å². The van der Waals surface area contributed by atoms with E-state index in [0.717, 1.165) is 12.1 Å². The van der Waals surface area contributed by atoms with Gasteiger partial charge in [0.2, 0.25) is 0 Å². The predicted octanol–water partition coefficient (Wildman–Crippen LogP) is 4.38. The molecule has 1 heterocycles. The molecule has 0 saturated heterocycles. The van der Waals surface area contributed by atoms with Crippen LogP contribution in [0.2, 0.25) is 0 Å². The van der Waals surface area contributed by atoms with E-state index in [-0.39, 0.29) is 0 Å². The molecule has 120 valence electrons. The Kier molecular flexibility index (Phi) is 3.97. The van der Waals surface area contributed by atoms with Crippen LogP contribution < -0.4 is 0 Å². The van der Waals surface area contributed by atoms with Gasteiger partial charge in [0.05, 0.1) is 27.4 Å². The minimum atomic E-state index is -4.40. The largest absolute Gasteiger partial charge is 0.416 e. The molecular formula is C16H13F3N2OS. The third kappa shape index (κ3) is 3.01. The fourth-order valence-electron chi connectivity index (χ4n) is 2.33. The van der Waals surface area contributed by atoms with Gasteiger partial charge < -0.3 is 4.98 Å². The maximum Gasteiger partial charge on any atom is 0.416 e. The topological polar surface area (TPSA) is 45.8 Å². The van der Waals surface area contributed by atoms with Gasteiger partial charge >= 0.3 is 6.18 Å². The Hall–Kier alpha value is -2.15. The first-order valence-electron chi connectivity index (χ1n) is 6.95. The SMILES string of the molecule is CCS(=O)c1ccccc1-c1nc2ccc(C(F)(F)F)cc2[nH]1. The van der Waals surface area contributed by atoms with E-state index in [4.69, 9.17) is 0 Å². The number of benzene rings is 2. The van der Waals surface area contributed by atoms with Crippen molar-refractivity contribution in [1.29, 1.82) is 0 Å². The number of imidazole rings is 1. The summed E-state index contributed by atoms with van der Waals surface area (Å²) >= 11 is 0. The standard InChI is InChI=1S/C16H13F3N2OS/c1-2-23(22)14-6-4-3-5-11(14)15-20-12-8-7-10(16(17,18)19)9-13(12)21-15/h3-9H,2H2,1H3,(H,20,21). The van der Waals surface area contributed by atoms with Crippen LogP contribution in [0.15, 0.2) is 47.4 Å². The molecule has 1 unspecified atom stereocenters. The lowest BCUT2D eigenvalue weighted by molar-refractivity contribution is -0.137. The third-order valence-electron chi connectivity index (χ3n) is 3.46. The molecule has 2 aromatic carbocycles. The predicted molar refractivity (Wildman–Crippen MR) is 83.5 cm³/mol. The molecule has 7 heteroatoms. The van der Waals surface area contributed by atoms with Crippen LogP contribution in [0.1, 0.15) is 12.5 Å². The maximum atomic E-state index is 12.8. The van der Waals surface area contributed by atoms with Crippen LogP contribution in [0.3, 0.4) is 0 Å². The van der Waals surface area contributed by atoms with E-state index < -0.39 is 22.5 Å². The zero-order valence-corrected chi connectivity index (χ0v) is 13.0. The lowest BCUT2D eigenvalue weighted by Crippen LogP contribution is -2.04. The average molecular weight is 338 g/mol. The number of aromatic nitrogens is 2. The van der Waals surface area contributed by atoms with Gasteiger partial charge in [0.1, 0.15) is 5.82 Å². The highest BCUT2D eigenvalue weighted by molar-refractivity contribution is 7.85. The zero-order valence-electron chi connectivity index (χ0n) is 12.1.